The molecule has 2 aliphatic rings. The first-order valence-electron chi connectivity index (χ1n) is 18.8. The summed E-state index contributed by atoms with van der Waals surface area (Å²) in [5.74, 6) is -3.69. The first-order chi connectivity index (χ1) is 28.7. The van der Waals surface area contributed by atoms with Crippen molar-refractivity contribution in [1.82, 2.24) is 0 Å². The average Bonchev–Trinajstić information content (AvgIpc) is 3.21. The minimum absolute atomic E-state index is 0.0366. The number of nitrogens with two attached hydrogens (primary N) is 4. The molecule has 4 aromatic carbocycles. The molecule has 0 saturated carbocycles. The molecule has 60 heavy (non-hydrogen) atoms. The van der Waals surface area contributed by atoms with Crippen molar-refractivity contribution in [3.8, 4) is 17.2 Å². The van der Waals surface area contributed by atoms with E-state index < -0.39 is 72.3 Å². The number of ketones is 2. The summed E-state index contributed by atoms with van der Waals surface area (Å²) in [4.78, 5) is 58.3. The second-order valence-corrected chi connectivity index (χ2v) is 14.2. The van der Waals surface area contributed by atoms with Crippen molar-refractivity contribution in [3.63, 3.8) is 0 Å². The number of ether oxygens (including phenoxy) is 4. The van der Waals surface area contributed by atoms with Crippen molar-refractivity contribution < 1.29 is 58.6 Å². The Kier molecular flexibility index (Phi) is 13.2. The molecule has 1 fully saturated rings. The van der Waals surface area contributed by atoms with Gasteiger partial charge in [-0.3, -0.25) is 24.2 Å². The van der Waals surface area contributed by atoms with Crippen LogP contribution in [0.4, 0.5) is 0 Å². The van der Waals surface area contributed by atoms with Crippen molar-refractivity contribution in [3.05, 3.63) is 122 Å². The number of nitrogens with zero attached hydrogens (tertiary/aromatic N) is 1. The largest absolute Gasteiger partial charge is 0.507 e. The monoisotopic (exact) mass is 823 g/mol. The number of aliphatic hydroxyl groups excluding tert-OH is 3. The van der Waals surface area contributed by atoms with E-state index in [0.29, 0.717) is 17.4 Å². The molecule has 0 aromatic heterocycles. The fourth-order valence-electron chi connectivity index (χ4n) is 7.30. The van der Waals surface area contributed by atoms with Crippen molar-refractivity contribution >= 4 is 41.9 Å². The van der Waals surface area contributed by atoms with Crippen LogP contribution in [0.2, 0.25) is 0 Å². The number of esters is 1. The third-order valence-electron chi connectivity index (χ3n) is 10.2. The third kappa shape index (κ3) is 8.68. The molecule has 0 bridgehead atoms. The number of aliphatic imine (C=N–C) groups is 1. The van der Waals surface area contributed by atoms with Gasteiger partial charge in [0.2, 0.25) is 6.29 Å². The topological polar surface area (TPSA) is 303 Å². The van der Waals surface area contributed by atoms with E-state index in [4.69, 9.17) is 41.9 Å². The predicted octanol–water partition coefficient (Wildman–Crippen LogP) is 1.58. The van der Waals surface area contributed by atoms with Crippen LogP contribution in [0, 0.1) is 0 Å². The zero-order chi connectivity index (χ0) is 43.4. The zero-order valence-corrected chi connectivity index (χ0v) is 32.6. The van der Waals surface area contributed by atoms with Crippen LogP contribution < -0.4 is 32.4 Å². The second-order valence-electron chi connectivity index (χ2n) is 14.2. The average molecular weight is 824 g/mol. The van der Waals surface area contributed by atoms with Crippen LogP contribution in [0.25, 0.3) is 12.2 Å². The maximum atomic E-state index is 14.9. The Balaban J connectivity index is 1.57. The van der Waals surface area contributed by atoms with Crippen molar-refractivity contribution in [2.75, 3.05) is 13.2 Å². The van der Waals surface area contributed by atoms with Crippen LogP contribution >= 0.6 is 0 Å². The smallest absolute Gasteiger partial charge is 0.308 e. The molecule has 17 heteroatoms. The number of hydrogen-bond acceptors (Lipinski definition) is 15. The summed E-state index contributed by atoms with van der Waals surface area (Å²) in [5, 5.41) is 44.6. The molecule has 0 spiro atoms. The van der Waals surface area contributed by atoms with E-state index >= 15 is 0 Å². The number of carbonyl (C=O) groups is 4. The van der Waals surface area contributed by atoms with E-state index in [2.05, 4.69) is 4.99 Å². The molecule has 1 saturated heterocycles. The summed E-state index contributed by atoms with van der Waals surface area (Å²) in [6.45, 7) is 1.68. The number of phenols is 1. The lowest BCUT2D eigenvalue weighted by Crippen LogP contribution is -2.59. The first-order valence-corrected chi connectivity index (χ1v) is 18.8. The number of phenolic OH excluding ortho intramolecular Hbond substituents is 1. The van der Waals surface area contributed by atoms with Gasteiger partial charge in [0.25, 0.3) is 0 Å². The van der Waals surface area contributed by atoms with Crippen LogP contribution in [0.1, 0.15) is 95.6 Å². The number of guanidine groups is 1. The minimum atomic E-state index is -1.58. The third-order valence-corrected chi connectivity index (χ3v) is 10.2. The van der Waals surface area contributed by atoms with Crippen molar-refractivity contribution in [2.45, 2.75) is 63.7 Å². The maximum absolute atomic E-state index is 14.9. The molecule has 314 valence electrons. The van der Waals surface area contributed by atoms with Gasteiger partial charge in [0.15, 0.2) is 23.8 Å². The predicted molar refractivity (Wildman–Crippen MR) is 217 cm³/mol. The Morgan fingerprint density at radius 1 is 0.917 bits per heavy atom. The van der Waals surface area contributed by atoms with Gasteiger partial charge >= 0.3 is 5.97 Å². The summed E-state index contributed by atoms with van der Waals surface area (Å²) >= 11 is 0. The van der Waals surface area contributed by atoms with Crippen LogP contribution in [-0.2, 0) is 27.3 Å². The molecule has 1 aliphatic carbocycles. The van der Waals surface area contributed by atoms with Gasteiger partial charge in [0.05, 0.1) is 37.6 Å². The number of hydrogen-bond donors (Lipinski definition) is 8. The normalized spacial score (nSPS) is 19.8. The Labute approximate surface area is 343 Å². The van der Waals surface area contributed by atoms with Gasteiger partial charge in [0, 0.05) is 46.7 Å². The number of carbonyl (C=O) groups excluding carboxylic acids is 4. The van der Waals surface area contributed by atoms with E-state index in [1.165, 1.54) is 25.1 Å². The highest BCUT2D eigenvalue weighted by atomic mass is 16.7. The van der Waals surface area contributed by atoms with E-state index in [-0.39, 0.29) is 81.5 Å². The Bertz CT molecular complexity index is 2380. The molecule has 17 nitrogen and oxygen atoms in total. The highest BCUT2D eigenvalue weighted by Crippen LogP contribution is 2.45. The minimum Gasteiger partial charge on any atom is -0.507 e. The highest BCUT2D eigenvalue weighted by molar-refractivity contribution is 6.31. The number of aromatic hydroxyl groups is 1. The number of rotatable bonds is 14. The molecule has 0 amide bonds. The van der Waals surface area contributed by atoms with Gasteiger partial charge in [-0.25, -0.2) is 0 Å². The zero-order valence-electron chi connectivity index (χ0n) is 32.6. The van der Waals surface area contributed by atoms with E-state index in [1.54, 1.807) is 48.5 Å². The van der Waals surface area contributed by atoms with E-state index in [1.807, 2.05) is 6.07 Å². The fraction of sp³-hybridized carbons (Fsp3) is 0.279. The van der Waals surface area contributed by atoms with Gasteiger partial charge in [-0.1, -0.05) is 54.6 Å². The maximum Gasteiger partial charge on any atom is 0.308 e. The van der Waals surface area contributed by atoms with E-state index in [0.717, 1.165) is 6.92 Å². The van der Waals surface area contributed by atoms with Gasteiger partial charge in [0.1, 0.15) is 35.6 Å². The second kappa shape index (κ2) is 18.3. The lowest BCUT2D eigenvalue weighted by molar-refractivity contribution is -0.278. The summed E-state index contributed by atoms with van der Waals surface area (Å²) in [6.07, 6.45) is -4.63. The molecular formula is C43H45N5O12. The lowest BCUT2D eigenvalue weighted by atomic mass is 9.77. The first kappa shape index (κ1) is 43.3. The van der Waals surface area contributed by atoms with Crippen molar-refractivity contribution in [2.24, 2.45) is 27.9 Å². The summed E-state index contributed by atoms with van der Waals surface area (Å²) in [5.41, 5.74) is 22.8. The van der Waals surface area contributed by atoms with Gasteiger partial charge in [-0.15, -0.1) is 0 Å². The quantitative estimate of drug-likeness (QED) is 0.0115. The number of aldehydes is 1. The van der Waals surface area contributed by atoms with Crippen LogP contribution in [0.15, 0.2) is 65.7 Å². The lowest BCUT2D eigenvalue weighted by Gasteiger charge is -2.41. The SMILES string of the molecule is CC(=O)Oc1cc(CO)c2c(c1C=Cc1ccccc1)C(=O)c1cc(OC3OC(C)C(O)C(O)C3OCCN=C(N)N)c(Cc3cccc(C(N)N)c3C=O)c(O)c1C2=O. The standard InChI is InChI=1S/C43H45N5O12/c1-20-35(52)39(56)40(57-14-13-48-43(46)47)42(58-20)60-31-17-28-34(36(53)27(31)15-23-9-6-10-25(41(44)45)29(23)19-50)38(55)32-24(18-49)16-30(59-21(2)51)26(33(32)37(28)54)12-11-22-7-4-3-5-8-22/h3-12,16-17,19-20,35,39-42,49,52-53,56H,13-15,18,44-45H2,1-2H3,(H4,46,47,48). The number of benzene rings is 4. The van der Waals surface area contributed by atoms with Crippen molar-refractivity contribution in [1.29, 1.82) is 0 Å². The van der Waals surface area contributed by atoms with Crippen LogP contribution in [-0.4, -0.2) is 94.1 Å². The summed E-state index contributed by atoms with van der Waals surface area (Å²) in [6, 6.07) is 16.2. The highest BCUT2D eigenvalue weighted by Gasteiger charge is 2.46. The number of aliphatic hydroxyl groups is 3. The Hall–Kier alpha value is -6.31. The molecule has 4 aromatic rings. The summed E-state index contributed by atoms with van der Waals surface area (Å²) in [7, 11) is 0. The molecular weight excluding hydrogens is 778 g/mol. The molecule has 5 unspecified atom stereocenters. The molecule has 12 N–H and O–H groups in total. The van der Waals surface area contributed by atoms with Crippen LogP contribution in [0.5, 0.6) is 17.2 Å². The summed E-state index contributed by atoms with van der Waals surface area (Å²) < 4.78 is 23.7. The van der Waals surface area contributed by atoms with Gasteiger partial charge < -0.3 is 62.3 Å². The van der Waals surface area contributed by atoms with E-state index in [9.17, 15) is 39.6 Å². The molecule has 0 radical (unpaired) electrons. The van der Waals surface area contributed by atoms with Crippen LogP contribution in [0.3, 0.4) is 0 Å². The fourth-order valence-corrected chi connectivity index (χ4v) is 7.30. The molecule has 1 heterocycles. The Morgan fingerprint density at radius 2 is 1.65 bits per heavy atom. The molecule has 1 aliphatic heterocycles. The van der Waals surface area contributed by atoms with Gasteiger partial charge in [-0.05, 0) is 47.4 Å². The van der Waals surface area contributed by atoms with Gasteiger partial charge in [-0.2, -0.15) is 0 Å². The molecule has 6 rings (SSSR count). The number of fused-ring (bicyclic) bond motifs is 2. The molecule has 5 atom stereocenters. The Morgan fingerprint density at radius 3 is 2.30 bits per heavy atom.